The fraction of sp³-hybridized carbons (Fsp3) is 0.667. The van der Waals surface area contributed by atoms with Crippen molar-refractivity contribution in [3.63, 3.8) is 0 Å². The number of ether oxygens (including phenoxy) is 2. The van der Waals surface area contributed by atoms with E-state index in [0.717, 1.165) is 12.8 Å². The summed E-state index contributed by atoms with van der Waals surface area (Å²) in [6, 6.07) is 0. The number of hydrogen-bond donors (Lipinski definition) is 1. The first-order valence-corrected chi connectivity index (χ1v) is 6.01. The number of nitrogens with zero attached hydrogens (tertiary/aromatic N) is 2. The van der Waals surface area contributed by atoms with Crippen molar-refractivity contribution in [3.05, 3.63) is 6.33 Å². The molecule has 0 aromatic carbocycles. The van der Waals surface area contributed by atoms with Crippen molar-refractivity contribution in [3.8, 4) is 11.6 Å². The van der Waals surface area contributed by atoms with Crippen LogP contribution in [0.25, 0.3) is 0 Å². The van der Waals surface area contributed by atoms with E-state index < -0.39 is 0 Å². The summed E-state index contributed by atoms with van der Waals surface area (Å²) in [6.45, 7) is 2.25. The lowest BCUT2D eigenvalue weighted by atomic mass is 9.89. The first-order chi connectivity index (χ1) is 8.20. The molecule has 0 saturated heterocycles. The third-order valence-corrected chi connectivity index (χ3v) is 3.17. The van der Waals surface area contributed by atoms with Crippen molar-refractivity contribution in [2.75, 3.05) is 12.8 Å². The molecule has 1 heterocycles. The quantitative estimate of drug-likeness (QED) is 0.871. The van der Waals surface area contributed by atoms with E-state index in [9.17, 15) is 0 Å². The molecule has 0 amide bonds. The van der Waals surface area contributed by atoms with Gasteiger partial charge in [0.1, 0.15) is 12.4 Å². The molecule has 2 unspecified atom stereocenters. The lowest BCUT2D eigenvalue weighted by Crippen LogP contribution is -2.24. The van der Waals surface area contributed by atoms with Crippen LogP contribution < -0.4 is 15.2 Å². The fourth-order valence-corrected chi connectivity index (χ4v) is 2.29. The molecule has 94 valence electrons. The van der Waals surface area contributed by atoms with E-state index in [1.165, 1.54) is 19.2 Å². The van der Waals surface area contributed by atoms with E-state index in [1.54, 1.807) is 7.11 Å². The molecule has 2 N–H and O–H groups in total. The second-order valence-electron chi connectivity index (χ2n) is 4.61. The van der Waals surface area contributed by atoms with E-state index in [2.05, 4.69) is 16.9 Å². The summed E-state index contributed by atoms with van der Waals surface area (Å²) < 4.78 is 11.0. The number of methoxy groups -OCH3 is 1. The SMILES string of the molecule is COc1c(N)ncnc1OC1CCCC(C)C1. The van der Waals surface area contributed by atoms with Gasteiger partial charge < -0.3 is 15.2 Å². The first-order valence-electron chi connectivity index (χ1n) is 6.01. The van der Waals surface area contributed by atoms with Gasteiger partial charge in [0.25, 0.3) is 5.88 Å². The molecule has 5 nitrogen and oxygen atoms in total. The van der Waals surface area contributed by atoms with Crippen molar-refractivity contribution in [2.45, 2.75) is 38.7 Å². The van der Waals surface area contributed by atoms with Gasteiger partial charge in [-0.25, -0.2) is 4.98 Å². The molecule has 1 aliphatic carbocycles. The minimum absolute atomic E-state index is 0.210. The Kier molecular flexibility index (Phi) is 3.66. The standard InChI is InChI=1S/C12H19N3O2/c1-8-4-3-5-9(6-8)17-12-10(16-2)11(13)14-7-15-12/h7-9H,3-6H2,1-2H3,(H2,13,14,15). The summed E-state index contributed by atoms with van der Waals surface area (Å²) in [5, 5.41) is 0. The molecule has 2 rings (SSSR count). The normalized spacial score (nSPS) is 24.4. The van der Waals surface area contributed by atoms with Gasteiger partial charge in [0, 0.05) is 0 Å². The highest BCUT2D eigenvalue weighted by atomic mass is 16.5. The highest BCUT2D eigenvalue weighted by Gasteiger charge is 2.22. The van der Waals surface area contributed by atoms with E-state index >= 15 is 0 Å². The lowest BCUT2D eigenvalue weighted by molar-refractivity contribution is 0.119. The maximum atomic E-state index is 5.87. The topological polar surface area (TPSA) is 70.3 Å². The molecule has 17 heavy (non-hydrogen) atoms. The van der Waals surface area contributed by atoms with Gasteiger partial charge in [-0.05, 0) is 25.2 Å². The molecular weight excluding hydrogens is 218 g/mol. The Hall–Kier alpha value is -1.52. The highest BCUT2D eigenvalue weighted by molar-refractivity contribution is 5.51. The summed E-state index contributed by atoms with van der Waals surface area (Å²) in [6.07, 6.45) is 6.23. The number of nitrogen functional groups attached to an aromatic ring is 1. The third kappa shape index (κ3) is 2.78. The van der Waals surface area contributed by atoms with Crippen molar-refractivity contribution >= 4 is 5.82 Å². The van der Waals surface area contributed by atoms with Gasteiger partial charge in [-0.1, -0.05) is 13.3 Å². The van der Waals surface area contributed by atoms with Gasteiger partial charge in [0.2, 0.25) is 5.75 Å². The third-order valence-electron chi connectivity index (χ3n) is 3.17. The van der Waals surface area contributed by atoms with Crippen molar-refractivity contribution in [1.29, 1.82) is 0 Å². The Balaban J connectivity index is 2.10. The zero-order valence-corrected chi connectivity index (χ0v) is 10.3. The zero-order chi connectivity index (χ0) is 12.3. The van der Waals surface area contributed by atoms with Crippen LogP contribution in [0.4, 0.5) is 5.82 Å². The highest BCUT2D eigenvalue weighted by Crippen LogP contribution is 2.33. The van der Waals surface area contributed by atoms with Gasteiger partial charge in [0.15, 0.2) is 5.82 Å². The fourth-order valence-electron chi connectivity index (χ4n) is 2.29. The van der Waals surface area contributed by atoms with Gasteiger partial charge in [-0.15, -0.1) is 0 Å². The molecule has 0 spiro atoms. The van der Waals surface area contributed by atoms with Crippen LogP contribution in [0.1, 0.15) is 32.6 Å². The zero-order valence-electron chi connectivity index (χ0n) is 10.3. The predicted molar refractivity (Wildman–Crippen MR) is 65.0 cm³/mol. The molecule has 1 aliphatic rings. The number of hydrogen-bond acceptors (Lipinski definition) is 5. The molecule has 5 heteroatoms. The van der Waals surface area contributed by atoms with Gasteiger partial charge >= 0.3 is 0 Å². The maximum absolute atomic E-state index is 5.87. The van der Waals surface area contributed by atoms with Crippen LogP contribution in [-0.2, 0) is 0 Å². The van der Waals surface area contributed by atoms with E-state index in [1.807, 2.05) is 0 Å². The van der Waals surface area contributed by atoms with Crippen LogP contribution in [0.2, 0.25) is 0 Å². The Morgan fingerprint density at radius 2 is 2.18 bits per heavy atom. The van der Waals surface area contributed by atoms with Gasteiger partial charge in [-0.3, -0.25) is 0 Å². The van der Waals surface area contributed by atoms with Crippen molar-refractivity contribution < 1.29 is 9.47 Å². The average molecular weight is 237 g/mol. The summed E-state index contributed by atoms with van der Waals surface area (Å²) in [5.74, 6) is 1.92. The molecule has 0 bridgehead atoms. The molecule has 1 aromatic rings. The van der Waals surface area contributed by atoms with Crippen molar-refractivity contribution in [1.82, 2.24) is 9.97 Å². The van der Waals surface area contributed by atoms with Crippen LogP contribution in [0, 0.1) is 5.92 Å². The van der Waals surface area contributed by atoms with Crippen LogP contribution >= 0.6 is 0 Å². The number of anilines is 1. The monoisotopic (exact) mass is 237 g/mol. The molecule has 1 saturated carbocycles. The smallest absolute Gasteiger partial charge is 0.262 e. The van der Waals surface area contributed by atoms with Crippen molar-refractivity contribution in [2.24, 2.45) is 5.92 Å². The maximum Gasteiger partial charge on any atom is 0.262 e. The molecule has 0 radical (unpaired) electrons. The van der Waals surface area contributed by atoms with E-state index in [0.29, 0.717) is 23.4 Å². The Morgan fingerprint density at radius 1 is 1.35 bits per heavy atom. The molecule has 1 fully saturated rings. The van der Waals surface area contributed by atoms with E-state index in [4.69, 9.17) is 15.2 Å². The summed E-state index contributed by atoms with van der Waals surface area (Å²) in [4.78, 5) is 7.97. The number of nitrogens with two attached hydrogens (primary N) is 1. The minimum atomic E-state index is 0.210. The van der Waals surface area contributed by atoms with Gasteiger partial charge in [-0.2, -0.15) is 4.98 Å². The minimum Gasteiger partial charge on any atom is -0.489 e. The molecule has 1 aromatic heterocycles. The Bertz CT molecular complexity index is 384. The van der Waals surface area contributed by atoms with Crippen LogP contribution in [0.3, 0.4) is 0 Å². The summed E-state index contributed by atoms with van der Waals surface area (Å²) in [7, 11) is 1.55. The van der Waals surface area contributed by atoms with Crippen LogP contribution in [0.5, 0.6) is 11.6 Å². The van der Waals surface area contributed by atoms with Gasteiger partial charge in [0.05, 0.1) is 7.11 Å². The lowest BCUT2D eigenvalue weighted by Gasteiger charge is -2.27. The second kappa shape index (κ2) is 5.21. The summed E-state index contributed by atoms with van der Waals surface area (Å²) in [5.41, 5.74) is 5.71. The number of rotatable bonds is 3. The first kappa shape index (κ1) is 12.0. The largest absolute Gasteiger partial charge is 0.489 e. The van der Waals surface area contributed by atoms with Crippen LogP contribution in [-0.4, -0.2) is 23.2 Å². The Labute approximate surface area is 101 Å². The summed E-state index contributed by atoms with van der Waals surface area (Å²) >= 11 is 0. The molecular formula is C12H19N3O2. The predicted octanol–water partition coefficient (Wildman–Crippen LogP) is 2.02. The van der Waals surface area contributed by atoms with E-state index in [-0.39, 0.29) is 6.10 Å². The second-order valence-corrected chi connectivity index (χ2v) is 4.61. The molecule has 2 atom stereocenters. The number of aromatic nitrogens is 2. The van der Waals surface area contributed by atoms with Crippen LogP contribution in [0.15, 0.2) is 6.33 Å². The molecule has 0 aliphatic heterocycles. The average Bonchev–Trinajstić information content (AvgIpc) is 2.29. The Morgan fingerprint density at radius 3 is 2.88 bits per heavy atom.